The van der Waals surface area contributed by atoms with Crippen molar-refractivity contribution < 1.29 is 9.53 Å². The number of benzene rings is 2. The summed E-state index contributed by atoms with van der Waals surface area (Å²) in [5.74, 6) is 2.26. The van der Waals surface area contributed by atoms with Gasteiger partial charge in [-0.15, -0.1) is 0 Å². The molecule has 29 heavy (non-hydrogen) atoms. The summed E-state index contributed by atoms with van der Waals surface area (Å²) in [6, 6.07) is 19.0. The predicted molar refractivity (Wildman–Crippen MR) is 113 cm³/mol. The molecule has 0 bridgehead atoms. The lowest BCUT2D eigenvalue weighted by Gasteiger charge is -2.33. The van der Waals surface area contributed by atoms with Crippen LogP contribution in [-0.2, 0) is 4.79 Å². The molecule has 2 heterocycles. The summed E-state index contributed by atoms with van der Waals surface area (Å²) in [5.41, 5.74) is 0.850. The maximum Gasteiger partial charge on any atom is 0.231 e. The fourth-order valence-electron chi connectivity index (χ4n) is 3.58. The van der Waals surface area contributed by atoms with Gasteiger partial charge >= 0.3 is 0 Å². The van der Waals surface area contributed by atoms with Crippen LogP contribution in [0.5, 0.6) is 11.5 Å². The number of carbonyl (C=O) groups is 1. The van der Waals surface area contributed by atoms with Gasteiger partial charge in [0.05, 0.1) is 5.92 Å². The van der Waals surface area contributed by atoms with Crippen molar-refractivity contribution in [2.45, 2.75) is 12.8 Å². The number of aromatic nitrogens is 2. The van der Waals surface area contributed by atoms with E-state index in [1.165, 1.54) is 0 Å². The summed E-state index contributed by atoms with van der Waals surface area (Å²) >= 11 is 0. The molecule has 1 atom stereocenters. The molecule has 1 amide bonds. The molecule has 1 aromatic heterocycles. The van der Waals surface area contributed by atoms with Crippen LogP contribution in [0.1, 0.15) is 12.8 Å². The Morgan fingerprint density at radius 1 is 1.00 bits per heavy atom. The lowest BCUT2D eigenvalue weighted by molar-refractivity contribution is -0.122. The van der Waals surface area contributed by atoms with Gasteiger partial charge in [0.1, 0.15) is 11.5 Å². The molecular weight excluding hydrogens is 364 g/mol. The highest BCUT2D eigenvalue weighted by Gasteiger charge is 2.29. The van der Waals surface area contributed by atoms with Crippen molar-refractivity contribution >= 4 is 17.5 Å². The number of carbonyl (C=O) groups excluding carboxylic acids is 1. The number of amides is 1. The number of para-hydroxylation sites is 1. The number of anilines is 2. The molecule has 2 aromatic carbocycles. The molecule has 0 spiro atoms. The quantitative estimate of drug-likeness (QED) is 0.657. The van der Waals surface area contributed by atoms with Crippen molar-refractivity contribution in [3.05, 3.63) is 73.1 Å². The Balaban J connectivity index is 1.40. The van der Waals surface area contributed by atoms with Crippen molar-refractivity contribution in [2.24, 2.45) is 5.92 Å². The van der Waals surface area contributed by atoms with Crippen molar-refractivity contribution in [3.63, 3.8) is 0 Å². The van der Waals surface area contributed by atoms with E-state index in [1.54, 1.807) is 23.4 Å². The van der Waals surface area contributed by atoms with Gasteiger partial charge in [0.25, 0.3) is 0 Å². The molecule has 3 aromatic rings. The van der Waals surface area contributed by atoms with Gasteiger partial charge < -0.3 is 14.5 Å². The molecule has 0 aliphatic carbocycles. The molecule has 1 fully saturated rings. The molecule has 4 rings (SSSR count). The normalized spacial score (nSPS) is 16.3. The first-order valence-corrected chi connectivity index (χ1v) is 9.83. The smallest absolute Gasteiger partial charge is 0.231 e. The fraction of sp³-hybridized carbons (Fsp3) is 0.261. The van der Waals surface area contributed by atoms with Gasteiger partial charge in [0.15, 0.2) is 0 Å². The minimum absolute atomic E-state index is 0.0715. The van der Waals surface area contributed by atoms with E-state index in [2.05, 4.69) is 14.9 Å². The summed E-state index contributed by atoms with van der Waals surface area (Å²) in [6.45, 7) is 1.52. The first-order chi connectivity index (χ1) is 14.2. The predicted octanol–water partition coefficient (Wildman–Crippen LogP) is 4.15. The van der Waals surface area contributed by atoms with E-state index < -0.39 is 0 Å². The minimum Gasteiger partial charge on any atom is -0.457 e. The second kappa shape index (κ2) is 8.73. The van der Waals surface area contributed by atoms with Crippen LogP contribution in [0.3, 0.4) is 0 Å². The third kappa shape index (κ3) is 4.54. The Morgan fingerprint density at radius 2 is 1.69 bits per heavy atom. The maximum absolute atomic E-state index is 13.1. The average Bonchev–Trinajstić information content (AvgIpc) is 2.80. The highest BCUT2D eigenvalue weighted by molar-refractivity contribution is 5.95. The van der Waals surface area contributed by atoms with Crippen molar-refractivity contribution in [3.8, 4) is 11.5 Å². The zero-order chi connectivity index (χ0) is 20.1. The van der Waals surface area contributed by atoms with E-state index in [0.717, 1.165) is 36.6 Å². The topological polar surface area (TPSA) is 58.6 Å². The average molecular weight is 388 g/mol. The second-order valence-electron chi connectivity index (χ2n) is 7.14. The molecule has 0 N–H and O–H groups in total. The van der Waals surface area contributed by atoms with Crippen LogP contribution in [0, 0.1) is 5.92 Å². The zero-order valence-electron chi connectivity index (χ0n) is 16.4. The summed E-state index contributed by atoms with van der Waals surface area (Å²) in [6.07, 6.45) is 5.30. The molecule has 0 radical (unpaired) electrons. The van der Waals surface area contributed by atoms with Gasteiger partial charge in [0, 0.05) is 38.2 Å². The van der Waals surface area contributed by atoms with Crippen molar-refractivity contribution in [2.75, 3.05) is 29.9 Å². The Kier molecular flexibility index (Phi) is 5.70. The summed E-state index contributed by atoms with van der Waals surface area (Å²) < 4.78 is 5.83. The first kappa shape index (κ1) is 18.9. The van der Waals surface area contributed by atoms with E-state index in [0.29, 0.717) is 12.5 Å². The number of hydrogen-bond acceptors (Lipinski definition) is 5. The maximum atomic E-state index is 13.1. The third-order valence-electron chi connectivity index (χ3n) is 5.14. The van der Waals surface area contributed by atoms with Gasteiger partial charge in [-0.3, -0.25) is 4.79 Å². The van der Waals surface area contributed by atoms with E-state index in [4.69, 9.17) is 4.74 Å². The first-order valence-electron chi connectivity index (χ1n) is 9.83. The Morgan fingerprint density at radius 3 is 2.41 bits per heavy atom. The molecule has 1 aliphatic heterocycles. The summed E-state index contributed by atoms with van der Waals surface area (Å²) in [7, 11) is 1.83. The molecule has 6 nitrogen and oxygen atoms in total. The molecule has 0 saturated carbocycles. The van der Waals surface area contributed by atoms with E-state index in [-0.39, 0.29) is 11.8 Å². The molecular formula is C23H24N4O2. The highest BCUT2D eigenvalue weighted by Crippen LogP contribution is 2.27. The van der Waals surface area contributed by atoms with Crippen LogP contribution in [0.15, 0.2) is 73.1 Å². The van der Waals surface area contributed by atoms with Crippen LogP contribution >= 0.6 is 0 Å². The van der Waals surface area contributed by atoms with Gasteiger partial charge in [-0.25, -0.2) is 9.97 Å². The Bertz CT molecular complexity index is 932. The lowest BCUT2D eigenvalue weighted by atomic mass is 9.96. The van der Waals surface area contributed by atoms with Crippen molar-refractivity contribution in [1.82, 2.24) is 9.97 Å². The van der Waals surface area contributed by atoms with Gasteiger partial charge in [-0.2, -0.15) is 0 Å². The highest BCUT2D eigenvalue weighted by atomic mass is 16.5. The number of piperidine rings is 1. The lowest BCUT2D eigenvalue weighted by Crippen LogP contribution is -2.44. The number of rotatable bonds is 5. The molecule has 6 heteroatoms. The van der Waals surface area contributed by atoms with Gasteiger partial charge in [0.2, 0.25) is 11.9 Å². The number of hydrogen-bond donors (Lipinski definition) is 0. The molecule has 148 valence electrons. The van der Waals surface area contributed by atoms with Gasteiger partial charge in [-0.1, -0.05) is 18.2 Å². The summed E-state index contributed by atoms with van der Waals surface area (Å²) in [4.78, 5) is 25.5. The van der Waals surface area contributed by atoms with Crippen LogP contribution < -0.4 is 14.5 Å². The Hall–Kier alpha value is -3.41. The molecule has 1 saturated heterocycles. The SMILES string of the molecule is CN(C(=O)C1CCCN(c2ncccn2)C1)c1ccc(Oc2ccccc2)cc1. The Labute approximate surface area is 170 Å². The number of ether oxygens (including phenoxy) is 1. The standard InChI is InChI=1S/C23H24N4O2/c1-26(19-10-12-21(13-11-19)29-20-8-3-2-4-9-20)22(28)18-7-5-16-27(17-18)23-24-14-6-15-25-23/h2-4,6,8-15,18H,5,7,16-17H2,1H3. The van der Waals surface area contributed by atoms with E-state index >= 15 is 0 Å². The second-order valence-corrected chi connectivity index (χ2v) is 7.14. The molecule has 1 aliphatic rings. The van der Waals surface area contributed by atoms with Crippen molar-refractivity contribution in [1.29, 1.82) is 0 Å². The third-order valence-corrected chi connectivity index (χ3v) is 5.14. The monoisotopic (exact) mass is 388 g/mol. The minimum atomic E-state index is -0.0715. The fourth-order valence-corrected chi connectivity index (χ4v) is 3.58. The van der Waals surface area contributed by atoms with Crippen LogP contribution in [-0.4, -0.2) is 36.0 Å². The largest absolute Gasteiger partial charge is 0.457 e. The zero-order valence-corrected chi connectivity index (χ0v) is 16.4. The number of nitrogens with zero attached hydrogens (tertiary/aromatic N) is 4. The van der Waals surface area contributed by atoms with E-state index in [9.17, 15) is 4.79 Å². The van der Waals surface area contributed by atoms with Gasteiger partial charge in [-0.05, 0) is 55.3 Å². The van der Waals surface area contributed by atoms with Crippen LogP contribution in [0.4, 0.5) is 11.6 Å². The van der Waals surface area contributed by atoms with E-state index in [1.807, 2.05) is 61.6 Å². The summed E-state index contributed by atoms with van der Waals surface area (Å²) in [5, 5.41) is 0. The molecule has 1 unspecified atom stereocenters. The van der Waals surface area contributed by atoms with Crippen LogP contribution in [0.25, 0.3) is 0 Å². The van der Waals surface area contributed by atoms with Crippen LogP contribution in [0.2, 0.25) is 0 Å².